The van der Waals surface area contributed by atoms with E-state index in [1.807, 2.05) is 24.3 Å². The van der Waals surface area contributed by atoms with Gasteiger partial charge in [0.05, 0.1) is 0 Å². The lowest BCUT2D eigenvalue weighted by molar-refractivity contribution is -0.154. The third-order valence-corrected chi connectivity index (χ3v) is 14.2. The van der Waals surface area contributed by atoms with E-state index in [0.717, 1.165) is 96.7 Å². The molecule has 0 amide bonds. The molecular formula is C56H86O6. The molecule has 0 radical (unpaired) electrons. The molecule has 5 rings (SSSR count). The van der Waals surface area contributed by atoms with Crippen LogP contribution in [0, 0.1) is 11.8 Å². The largest absolute Gasteiger partial charge is 0.481 e. The Morgan fingerprint density at radius 3 is 1.23 bits per heavy atom. The Morgan fingerprint density at radius 1 is 0.452 bits per heavy atom. The van der Waals surface area contributed by atoms with E-state index in [2.05, 4.69) is 39.0 Å². The molecule has 2 aliphatic rings. The van der Waals surface area contributed by atoms with Crippen LogP contribution in [0.3, 0.4) is 0 Å². The van der Waals surface area contributed by atoms with Crippen LogP contribution in [0.5, 0.6) is 11.5 Å². The van der Waals surface area contributed by atoms with E-state index >= 15 is 0 Å². The third-order valence-electron chi connectivity index (χ3n) is 14.2. The standard InChI is InChI=1S/C56H86O6/c1-4-7-9-11-13-15-17-19-21-23-27-45-31-36-47(37-32-45)61-53(57)42-59-55-49-29-25-26-30-50(49)56(52-41-44(6-3)35-40-51(52)55)60-43-54(58)62-48-38-33-46(34-39-48)28-24-22-20-18-16-14-12-10-8-5-2/h25-26,29-30,35,40-41,45-48H,4-24,27-28,31-34,36-39,42-43H2,1-3H3. The molecule has 0 spiro atoms. The predicted octanol–water partition coefficient (Wildman–Crippen LogP) is 16.1. The van der Waals surface area contributed by atoms with Crippen molar-refractivity contribution in [1.82, 2.24) is 0 Å². The number of carbonyl (C=O) groups is 2. The van der Waals surface area contributed by atoms with E-state index in [4.69, 9.17) is 18.9 Å². The van der Waals surface area contributed by atoms with Gasteiger partial charge in [-0.3, -0.25) is 0 Å². The first-order chi connectivity index (χ1) is 30.5. The molecule has 0 heterocycles. The van der Waals surface area contributed by atoms with Crippen LogP contribution in [-0.4, -0.2) is 37.4 Å². The van der Waals surface area contributed by atoms with Gasteiger partial charge in [0.15, 0.2) is 13.2 Å². The highest BCUT2D eigenvalue weighted by molar-refractivity contribution is 6.11. The molecule has 0 aromatic heterocycles. The number of unbranched alkanes of at least 4 members (excludes halogenated alkanes) is 18. The third kappa shape index (κ3) is 17.4. The van der Waals surface area contributed by atoms with Gasteiger partial charge in [-0.1, -0.05) is 198 Å². The molecule has 2 aliphatic carbocycles. The van der Waals surface area contributed by atoms with Gasteiger partial charge >= 0.3 is 11.9 Å². The Hall–Kier alpha value is -3.28. The van der Waals surface area contributed by atoms with E-state index in [9.17, 15) is 9.59 Å². The summed E-state index contributed by atoms with van der Waals surface area (Å²) in [5, 5.41) is 3.41. The number of carbonyl (C=O) groups excluding carboxylic acids is 2. The molecule has 2 saturated carbocycles. The van der Waals surface area contributed by atoms with Gasteiger partial charge in [0.2, 0.25) is 0 Å². The zero-order valence-corrected chi connectivity index (χ0v) is 39.6. The van der Waals surface area contributed by atoms with Crippen LogP contribution in [0.25, 0.3) is 21.5 Å². The minimum atomic E-state index is -0.318. The van der Waals surface area contributed by atoms with Gasteiger partial charge in [0.1, 0.15) is 23.7 Å². The van der Waals surface area contributed by atoms with Crippen LogP contribution >= 0.6 is 0 Å². The average Bonchev–Trinajstić information content (AvgIpc) is 3.29. The Balaban J connectivity index is 1.05. The molecule has 0 saturated heterocycles. The summed E-state index contributed by atoms with van der Waals surface area (Å²) >= 11 is 0. The Labute approximate surface area is 377 Å². The molecular weight excluding hydrogens is 769 g/mol. The van der Waals surface area contributed by atoms with Crippen LogP contribution in [0.1, 0.15) is 219 Å². The lowest BCUT2D eigenvalue weighted by Gasteiger charge is -2.28. The van der Waals surface area contributed by atoms with Crippen molar-refractivity contribution in [2.24, 2.45) is 11.8 Å². The summed E-state index contributed by atoms with van der Waals surface area (Å²) in [6, 6.07) is 14.2. The van der Waals surface area contributed by atoms with E-state index in [1.54, 1.807) is 0 Å². The fourth-order valence-electron chi connectivity index (χ4n) is 10.3. The van der Waals surface area contributed by atoms with Crippen molar-refractivity contribution < 1.29 is 28.5 Å². The van der Waals surface area contributed by atoms with E-state index in [1.165, 1.54) is 141 Å². The van der Waals surface area contributed by atoms with Crippen molar-refractivity contribution in [2.75, 3.05) is 13.2 Å². The van der Waals surface area contributed by atoms with Crippen molar-refractivity contribution in [3.63, 3.8) is 0 Å². The molecule has 6 nitrogen and oxygen atoms in total. The maximum atomic E-state index is 13.3. The molecule has 62 heavy (non-hydrogen) atoms. The Kier molecular flexibility index (Phi) is 23.4. The van der Waals surface area contributed by atoms with Crippen LogP contribution in [0.2, 0.25) is 0 Å². The summed E-state index contributed by atoms with van der Waals surface area (Å²) in [4.78, 5) is 26.5. The number of hydrogen-bond donors (Lipinski definition) is 0. The first-order valence-corrected chi connectivity index (χ1v) is 26.1. The number of hydrogen-bond acceptors (Lipinski definition) is 6. The fourth-order valence-corrected chi connectivity index (χ4v) is 10.3. The second kappa shape index (κ2) is 29.2. The molecule has 0 unspecified atom stereocenters. The van der Waals surface area contributed by atoms with Gasteiger partial charge in [-0.15, -0.1) is 0 Å². The zero-order valence-electron chi connectivity index (χ0n) is 39.6. The van der Waals surface area contributed by atoms with E-state index in [0.29, 0.717) is 11.5 Å². The number of aryl methyl sites for hydroxylation is 1. The highest BCUT2D eigenvalue weighted by Gasteiger charge is 2.26. The van der Waals surface area contributed by atoms with Gasteiger partial charge in [0, 0.05) is 21.5 Å². The lowest BCUT2D eigenvalue weighted by atomic mass is 9.84. The second-order valence-electron chi connectivity index (χ2n) is 19.2. The van der Waals surface area contributed by atoms with Gasteiger partial charge in [0.25, 0.3) is 0 Å². The smallest absolute Gasteiger partial charge is 0.344 e. The first-order valence-electron chi connectivity index (χ1n) is 26.1. The van der Waals surface area contributed by atoms with Crippen LogP contribution < -0.4 is 9.47 Å². The minimum Gasteiger partial charge on any atom is -0.481 e. The van der Waals surface area contributed by atoms with E-state index in [-0.39, 0.29) is 37.4 Å². The number of ether oxygens (including phenoxy) is 4. The van der Waals surface area contributed by atoms with Gasteiger partial charge in [-0.05, 0) is 81.3 Å². The number of esters is 2. The molecule has 346 valence electrons. The molecule has 3 aromatic rings. The Morgan fingerprint density at radius 2 is 0.823 bits per heavy atom. The summed E-state index contributed by atoms with van der Waals surface area (Å²) in [6.07, 6.45) is 39.2. The zero-order chi connectivity index (χ0) is 43.6. The van der Waals surface area contributed by atoms with Crippen LogP contribution in [0.15, 0.2) is 42.5 Å². The van der Waals surface area contributed by atoms with Crippen molar-refractivity contribution in [2.45, 2.75) is 232 Å². The molecule has 0 bridgehead atoms. The molecule has 6 heteroatoms. The normalized spacial score (nSPS) is 19.1. The summed E-state index contributed by atoms with van der Waals surface area (Å²) in [6.45, 7) is 6.39. The maximum absolute atomic E-state index is 13.3. The molecule has 3 aromatic carbocycles. The SMILES string of the molecule is CCCCCCCCCCCCC1CCC(OC(=O)COc2c3ccccc3c(OCC(=O)OC3CCC(CCCCCCCCCCCC)CC3)c3cc(CC)ccc23)CC1. The molecule has 0 aliphatic heterocycles. The fraction of sp³-hybridized carbons (Fsp3) is 0.714. The summed E-state index contributed by atoms with van der Waals surface area (Å²) in [5.41, 5.74) is 1.16. The molecule has 0 N–H and O–H groups in total. The van der Waals surface area contributed by atoms with E-state index < -0.39 is 0 Å². The quantitative estimate of drug-likeness (QED) is 0.0365. The van der Waals surface area contributed by atoms with Crippen molar-refractivity contribution in [3.8, 4) is 11.5 Å². The number of fused-ring (bicyclic) bond motifs is 2. The molecule has 0 atom stereocenters. The highest BCUT2D eigenvalue weighted by atomic mass is 16.6. The second-order valence-corrected chi connectivity index (χ2v) is 19.2. The maximum Gasteiger partial charge on any atom is 0.344 e. The van der Waals surface area contributed by atoms with Crippen molar-refractivity contribution in [3.05, 3.63) is 48.0 Å². The summed E-state index contributed by atoms with van der Waals surface area (Å²) in [5.74, 6) is 2.16. The van der Waals surface area contributed by atoms with Crippen LogP contribution in [-0.2, 0) is 25.5 Å². The van der Waals surface area contributed by atoms with Crippen molar-refractivity contribution in [1.29, 1.82) is 0 Å². The minimum absolute atomic E-state index is 0.0319. The van der Waals surface area contributed by atoms with Crippen LogP contribution in [0.4, 0.5) is 0 Å². The van der Waals surface area contributed by atoms with Crippen molar-refractivity contribution >= 4 is 33.5 Å². The monoisotopic (exact) mass is 855 g/mol. The first kappa shape index (κ1) is 49.7. The van der Waals surface area contributed by atoms with Gasteiger partial charge in [-0.25, -0.2) is 9.59 Å². The summed E-state index contributed by atoms with van der Waals surface area (Å²) < 4.78 is 24.8. The predicted molar refractivity (Wildman–Crippen MR) is 258 cm³/mol. The molecule has 2 fully saturated rings. The summed E-state index contributed by atoms with van der Waals surface area (Å²) in [7, 11) is 0. The topological polar surface area (TPSA) is 71.1 Å². The lowest BCUT2D eigenvalue weighted by Crippen LogP contribution is -2.27. The average molecular weight is 855 g/mol. The Bertz CT molecular complexity index is 1700. The number of rotatable bonds is 31. The number of benzene rings is 3. The van der Waals surface area contributed by atoms with Gasteiger partial charge < -0.3 is 18.9 Å². The van der Waals surface area contributed by atoms with Gasteiger partial charge in [-0.2, -0.15) is 0 Å². The highest BCUT2D eigenvalue weighted by Crippen LogP contribution is 2.43.